The lowest BCUT2D eigenvalue weighted by Gasteiger charge is -2.33. The highest BCUT2D eigenvalue weighted by molar-refractivity contribution is 5.94. The summed E-state index contributed by atoms with van der Waals surface area (Å²) in [7, 11) is 0. The van der Waals surface area contributed by atoms with E-state index in [1.807, 2.05) is 6.07 Å². The number of halogens is 1. The largest absolute Gasteiger partial charge is 0.303 e. The Labute approximate surface area is 235 Å². The Kier molecular flexibility index (Phi) is 9.26. The molecule has 1 heterocycles. The third-order valence-corrected chi connectivity index (χ3v) is 8.49. The van der Waals surface area contributed by atoms with Crippen molar-refractivity contribution < 1.29 is 0 Å². The minimum absolute atomic E-state index is 0. The van der Waals surface area contributed by atoms with Gasteiger partial charge in [-0.15, -0.1) is 12.4 Å². The molecule has 0 spiro atoms. The van der Waals surface area contributed by atoms with Gasteiger partial charge in [0.1, 0.15) is 0 Å². The number of hydrogen-bond acceptors (Lipinski definition) is 2. The van der Waals surface area contributed by atoms with Crippen molar-refractivity contribution in [1.29, 1.82) is 5.26 Å². The first-order valence-corrected chi connectivity index (χ1v) is 13.9. The second-order valence-electron chi connectivity index (χ2n) is 10.9. The molecule has 38 heavy (non-hydrogen) atoms. The van der Waals surface area contributed by atoms with E-state index in [2.05, 4.69) is 110 Å². The number of fused-ring (bicyclic) bond motifs is 2. The molecule has 0 saturated carbocycles. The summed E-state index contributed by atoms with van der Waals surface area (Å²) in [5.41, 5.74) is 9.18. The summed E-state index contributed by atoms with van der Waals surface area (Å²) in [5, 5.41) is 10.2. The van der Waals surface area contributed by atoms with Crippen LogP contribution in [0.5, 0.6) is 0 Å². The lowest BCUT2D eigenvalue weighted by atomic mass is 9.69. The second kappa shape index (κ2) is 12.6. The molecular formula is C35H39ClN2. The van der Waals surface area contributed by atoms with Gasteiger partial charge in [0.05, 0.1) is 11.5 Å². The molecule has 0 amide bonds. The number of hydrogen-bond donors (Lipinski definition) is 0. The van der Waals surface area contributed by atoms with Crippen molar-refractivity contribution in [2.75, 3.05) is 19.6 Å². The van der Waals surface area contributed by atoms with Gasteiger partial charge in [-0.2, -0.15) is 5.26 Å². The molecule has 3 aromatic rings. The smallest absolute Gasteiger partial charge is 0.0845 e. The van der Waals surface area contributed by atoms with E-state index in [1.54, 1.807) is 5.57 Å². The average molecular weight is 523 g/mol. The van der Waals surface area contributed by atoms with Gasteiger partial charge < -0.3 is 4.90 Å². The van der Waals surface area contributed by atoms with Crippen molar-refractivity contribution in [3.05, 3.63) is 112 Å². The summed E-state index contributed by atoms with van der Waals surface area (Å²) in [5.74, 6) is 0.295. The Bertz CT molecular complexity index is 1270. The minimum Gasteiger partial charge on any atom is -0.303 e. The van der Waals surface area contributed by atoms with Gasteiger partial charge in [0, 0.05) is 13.1 Å². The van der Waals surface area contributed by atoms with E-state index in [4.69, 9.17) is 0 Å². The van der Waals surface area contributed by atoms with Crippen LogP contribution in [0.25, 0.3) is 17.7 Å². The Morgan fingerprint density at radius 3 is 1.89 bits per heavy atom. The fourth-order valence-corrected chi connectivity index (χ4v) is 6.23. The highest BCUT2D eigenvalue weighted by atomic mass is 35.5. The molecule has 2 aliphatic rings. The highest BCUT2D eigenvalue weighted by Gasteiger charge is 2.35. The number of nitrogens with zero attached hydrogens (tertiary/aromatic N) is 2. The molecule has 0 radical (unpaired) electrons. The maximum Gasteiger partial charge on any atom is 0.0845 e. The van der Waals surface area contributed by atoms with Crippen molar-refractivity contribution in [2.45, 2.75) is 51.4 Å². The average Bonchev–Trinajstić information content (AvgIpc) is 3.11. The normalized spacial score (nSPS) is 16.6. The first-order valence-electron chi connectivity index (χ1n) is 13.9. The Balaban J connectivity index is 0.00000336. The van der Waals surface area contributed by atoms with E-state index in [-0.39, 0.29) is 12.4 Å². The molecule has 1 atom stereocenters. The molecule has 3 aromatic carbocycles. The van der Waals surface area contributed by atoms with Gasteiger partial charge in [-0.1, -0.05) is 117 Å². The summed E-state index contributed by atoms with van der Waals surface area (Å²) < 4.78 is 0. The zero-order valence-corrected chi connectivity index (χ0v) is 23.5. The number of benzene rings is 3. The van der Waals surface area contributed by atoms with E-state index in [9.17, 15) is 5.26 Å². The first-order chi connectivity index (χ1) is 18.1. The molecule has 5 rings (SSSR count). The molecule has 1 saturated heterocycles. The molecule has 3 heteroatoms. The lowest BCUT2D eigenvalue weighted by Crippen LogP contribution is -2.33. The van der Waals surface area contributed by atoms with Crippen LogP contribution < -0.4 is 0 Å². The third kappa shape index (κ3) is 5.65. The molecule has 1 fully saturated rings. The molecular weight excluding hydrogens is 484 g/mol. The van der Waals surface area contributed by atoms with Crippen LogP contribution >= 0.6 is 12.4 Å². The maximum absolute atomic E-state index is 10.2. The molecule has 0 aromatic heterocycles. The first kappa shape index (κ1) is 27.9. The van der Waals surface area contributed by atoms with E-state index in [0.717, 1.165) is 51.7 Å². The van der Waals surface area contributed by atoms with Crippen molar-refractivity contribution in [3.63, 3.8) is 0 Å². The summed E-state index contributed by atoms with van der Waals surface area (Å²) in [6.07, 6.45) is 9.93. The van der Waals surface area contributed by atoms with Crippen LogP contribution in [-0.2, 0) is 5.41 Å². The van der Waals surface area contributed by atoms with Gasteiger partial charge in [-0.05, 0) is 71.5 Å². The SMILES string of the molecule is CC(C)C(C#N)(CCCCN1CCC(=C2c3ccccc3C=Cc3ccccc32)CC1)c1ccccc1.Cl. The fraction of sp³-hybridized carbons (Fsp3) is 0.343. The van der Waals surface area contributed by atoms with Crippen LogP contribution in [0.4, 0.5) is 0 Å². The van der Waals surface area contributed by atoms with E-state index >= 15 is 0 Å². The molecule has 1 aliphatic heterocycles. The quantitative estimate of drug-likeness (QED) is 0.227. The van der Waals surface area contributed by atoms with Crippen molar-refractivity contribution >= 4 is 30.1 Å². The molecule has 1 unspecified atom stereocenters. The van der Waals surface area contributed by atoms with Crippen molar-refractivity contribution in [2.24, 2.45) is 5.92 Å². The highest BCUT2D eigenvalue weighted by Crippen LogP contribution is 2.39. The zero-order chi connectivity index (χ0) is 25.7. The summed E-state index contributed by atoms with van der Waals surface area (Å²) >= 11 is 0. The summed E-state index contributed by atoms with van der Waals surface area (Å²) in [6.45, 7) is 7.72. The van der Waals surface area contributed by atoms with Crippen molar-refractivity contribution in [3.8, 4) is 6.07 Å². The number of unbranched alkanes of at least 4 members (excludes halogenated alkanes) is 1. The Morgan fingerprint density at radius 1 is 0.789 bits per heavy atom. The standard InChI is InChI=1S/C35H38N2.ClH/c1-27(2)35(26-36,31-14-4-3-5-15-31)22-10-11-23-37-24-20-30(21-25-37)34-32-16-8-6-12-28(32)18-19-29-13-7-9-17-33(29)34;/h3-9,12-19,27H,10-11,20-25H2,1-2H3;1H. The van der Waals surface area contributed by atoms with Gasteiger partial charge in [0.15, 0.2) is 0 Å². The monoisotopic (exact) mass is 522 g/mol. The number of nitriles is 1. The minimum atomic E-state index is -0.394. The van der Waals surface area contributed by atoms with E-state index in [1.165, 1.54) is 33.4 Å². The second-order valence-corrected chi connectivity index (χ2v) is 10.9. The van der Waals surface area contributed by atoms with Crippen molar-refractivity contribution in [1.82, 2.24) is 4.90 Å². The maximum atomic E-state index is 10.2. The predicted octanol–water partition coefficient (Wildman–Crippen LogP) is 8.78. The van der Waals surface area contributed by atoms with Crippen LogP contribution in [0.1, 0.15) is 73.8 Å². The van der Waals surface area contributed by atoms with Crippen LogP contribution in [0.3, 0.4) is 0 Å². The van der Waals surface area contributed by atoms with Crippen LogP contribution in [0.2, 0.25) is 0 Å². The number of likely N-dealkylation sites (tertiary alicyclic amines) is 1. The molecule has 2 nitrogen and oxygen atoms in total. The Hall–Kier alpha value is -3.12. The number of rotatable bonds is 7. The molecule has 1 aliphatic carbocycles. The number of piperidine rings is 1. The molecule has 0 N–H and O–H groups in total. The summed E-state index contributed by atoms with van der Waals surface area (Å²) in [6, 6.07) is 30.8. The van der Waals surface area contributed by atoms with Gasteiger partial charge in [0.25, 0.3) is 0 Å². The summed E-state index contributed by atoms with van der Waals surface area (Å²) in [4.78, 5) is 2.63. The van der Waals surface area contributed by atoms with E-state index < -0.39 is 5.41 Å². The van der Waals surface area contributed by atoms with Crippen LogP contribution in [-0.4, -0.2) is 24.5 Å². The van der Waals surface area contributed by atoms with E-state index in [0.29, 0.717) is 5.92 Å². The van der Waals surface area contributed by atoms with Gasteiger partial charge >= 0.3 is 0 Å². The molecule has 0 bridgehead atoms. The van der Waals surface area contributed by atoms with Gasteiger partial charge in [-0.3, -0.25) is 0 Å². The zero-order valence-electron chi connectivity index (χ0n) is 22.7. The van der Waals surface area contributed by atoms with Crippen LogP contribution in [0, 0.1) is 17.2 Å². The van der Waals surface area contributed by atoms with Crippen LogP contribution in [0.15, 0.2) is 84.4 Å². The predicted molar refractivity (Wildman–Crippen MR) is 163 cm³/mol. The third-order valence-electron chi connectivity index (χ3n) is 8.49. The topological polar surface area (TPSA) is 27.0 Å². The van der Waals surface area contributed by atoms with Gasteiger partial charge in [-0.25, -0.2) is 0 Å². The Morgan fingerprint density at radius 2 is 1.34 bits per heavy atom. The fourth-order valence-electron chi connectivity index (χ4n) is 6.23. The molecule has 196 valence electrons. The van der Waals surface area contributed by atoms with Gasteiger partial charge in [0.2, 0.25) is 0 Å². The lowest BCUT2D eigenvalue weighted by molar-refractivity contribution is 0.245.